The molecule has 1 aromatic carbocycles. The van der Waals surface area contributed by atoms with Crippen molar-refractivity contribution in [1.82, 2.24) is 4.31 Å². The van der Waals surface area contributed by atoms with Crippen molar-refractivity contribution in [2.45, 2.75) is 37.0 Å². The van der Waals surface area contributed by atoms with E-state index in [4.69, 9.17) is 0 Å². The maximum atomic E-state index is 12.5. The molecule has 0 aromatic heterocycles. The Morgan fingerprint density at radius 1 is 0.818 bits per heavy atom. The Hall–Kier alpha value is -1.73. The van der Waals surface area contributed by atoms with Gasteiger partial charge < -0.3 is 0 Å². The van der Waals surface area contributed by atoms with Crippen molar-refractivity contribution in [3.63, 3.8) is 0 Å². The van der Waals surface area contributed by atoms with E-state index in [1.165, 1.54) is 28.6 Å². The van der Waals surface area contributed by atoms with Gasteiger partial charge in [-0.15, -0.1) is 0 Å². The molecule has 0 atom stereocenters. The summed E-state index contributed by atoms with van der Waals surface area (Å²) in [6.45, 7) is 1.10. The highest BCUT2D eigenvalue weighted by Gasteiger charge is 2.31. The van der Waals surface area contributed by atoms with Crippen molar-refractivity contribution in [2.75, 3.05) is 18.0 Å². The van der Waals surface area contributed by atoms with Gasteiger partial charge >= 0.3 is 0 Å². The first kappa shape index (κ1) is 15.2. The van der Waals surface area contributed by atoms with Gasteiger partial charge in [0.15, 0.2) is 0 Å². The molecule has 0 spiro atoms. The number of amides is 2. The van der Waals surface area contributed by atoms with Crippen LogP contribution in [-0.4, -0.2) is 37.6 Å². The predicted octanol–water partition coefficient (Wildman–Crippen LogP) is 1.51. The van der Waals surface area contributed by atoms with E-state index < -0.39 is 10.0 Å². The van der Waals surface area contributed by atoms with E-state index in [1.807, 2.05) is 0 Å². The fourth-order valence-corrected chi connectivity index (χ4v) is 4.40. The third-order valence-corrected chi connectivity index (χ3v) is 6.01. The van der Waals surface area contributed by atoms with Crippen LogP contribution in [0.4, 0.5) is 5.69 Å². The summed E-state index contributed by atoms with van der Waals surface area (Å²) in [5, 5.41) is 0. The molecular formula is C15H18N2O4S. The Labute approximate surface area is 129 Å². The number of piperidine rings is 1. The Balaban J connectivity index is 1.85. The quantitative estimate of drug-likeness (QED) is 0.791. The molecule has 1 aromatic rings. The van der Waals surface area contributed by atoms with E-state index >= 15 is 0 Å². The number of anilines is 1. The molecular weight excluding hydrogens is 304 g/mol. The summed E-state index contributed by atoms with van der Waals surface area (Å²) in [5.41, 5.74) is 0.435. The third-order valence-electron chi connectivity index (χ3n) is 4.10. The topological polar surface area (TPSA) is 74.8 Å². The molecule has 2 heterocycles. The smallest absolute Gasteiger partial charge is 0.243 e. The summed E-state index contributed by atoms with van der Waals surface area (Å²) in [7, 11) is -3.48. The lowest BCUT2D eigenvalue weighted by Gasteiger charge is -2.26. The van der Waals surface area contributed by atoms with Crippen LogP contribution in [0, 0.1) is 0 Å². The van der Waals surface area contributed by atoms with Gasteiger partial charge in [0.05, 0.1) is 10.6 Å². The molecule has 118 valence electrons. The van der Waals surface area contributed by atoms with Gasteiger partial charge in [0.25, 0.3) is 0 Å². The van der Waals surface area contributed by atoms with Crippen molar-refractivity contribution in [3.8, 4) is 0 Å². The third kappa shape index (κ3) is 2.66. The highest BCUT2D eigenvalue weighted by molar-refractivity contribution is 7.89. The van der Waals surface area contributed by atoms with Crippen LogP contribution < -0.4 is 4.90 Å². The summed E-state index contributed by atoms with van der Waals surface area (Å²) in [6, 6.07) is 5.99. The average Bonchev–Trinajstić information content (AvgIpc) is 2.87. The molecule has 2 amide bonds. The van der Waals surface area contributed by atoms with Gasteiger partial charge in [-0.1, -0.05) is 6.42 Å². The molecule has 2 fully saturated rings. The van der Waals surface area contributed by atoms with Crippen molar-refractivity contribution >= 4 is 27.5 Å². The van der Waals surface area contributed by atoms with E-state index in [2.05, 4.69) is 0 Å². The molecule has 2 saturated heterocycles. The molecule has 7 heteroatoms. The first-order valence-electron chi connectivity index (χ1n) is 7.46. The van der Waals surface area contributed by atoms with Crippen LogP contribution in [0.15, 0.2) is 29.2 Å². The van der Waals surface area contributed by atoms with E-state index in [1.54, 1.807) is 0 Å². The van der Waals surface area contributed by atoms with E-state index in [9.17, 15) is 18.0 Å². The second-order valence-electron chi connectivity index (χ2n) is 5.58. The van der Waals surface area contributed by atoms with Crippen molar-refractivity contribution in [3.05, 3.63) is 24.3 Å². The zero-order chi connectivity index (χ0) is 15.7. The van der Waals surface area contributed by atoms with Gasteiger partial charge in [-0.2, -0.15) is 4.31 Å². The SMILES string of the molecule is O=C1CCC(=O)N1c1ccc(S(=O)(=O)N2CCCCC2)cc1. The molecule has 2 aliphatic rings. The van der Waals surface area contributed by atoms with E-state index in [0.717, 1.165) is 24.2 Å². The van der Waals surface area contributed by atoms with Crippen LogP contribution in [0.5, 0.6) is 0 Å². The number of nitrogens with zero attached hydrogens (tertiary/aromatic N) is 2. The number of hydrogen-bond donors (Lipinski definition) is 0. The first-order chi connectivity index (χ1) is 10.5. The molecule has 0 unspecified atom stereocenters. The monoisotopic (exact) mass is 322 g/mol. The Morgan fingerprint density at radius 3 is 1.91 bits per heavy atom. The van der Waals surface area contributed by atoms with Gasteiger partial charge in [-0.25, -0.2) is 8.42 Å². The second-order valence-corrected chi connectivity index (χ2v) is 7.52. The fourth-order valence-electron chi connectivity index (χ4n) is 2.89. The number of rotatable bonds is 3. The van der Waals surface area contributed by atoms with Crippen LogP contribution in [0.2, 0.25) is 0 Å². The average molecular weight is 322 g/mol. The summed E-state index contributed by atoms with van der Waals surface area (Å²) in [4.78, 5) is 24.7. The van der Waals surface area contributed by atoms with E-state index in [0.29, 0.717) is 18.8 Å². The van der Waals surface area contributed by atoms with Crippen LogP contribution in [0.3, 0.4) is 0 Å². The molecule has 6 nitrogen and oxygen atoms in total. The van der Waals surface area contributed by atoms with Gasteiger partial charge in [0.1, 0.15) is 0 Å². The standard InChI is InChI=1S/C15H18N2O4S/c18-14-8-9-15(19)17(14)12-4-6-13(7-5-12)22(20,21)16-10-2-1-3-11-16/h4-7H,1-3,8-11H2. The molecule has 0 radical (unpaired) electrons. The summed E-state index contributed by atoms with van der Waals surface area (Å²) in [5.74, 6) is -0.478. The van der Waals surface area contributed by atoms with Crippen molar-refractivity contribution in [1.29, 1.82) is 0 Å². The number of imide groups is 1. The second kappa shape index (κ2) is 5.81. The summed E-state index contributed by atoms with van der Waals surface area (Å²) >= 11 is 0. The molecule has 22 heavy (non-hydrogen) atoms. The molecule has 0 saturated carbocycles. The molecule has 2 aliphatic heterocycles. The number of carbonyl (C=O) groups is 2. The molecule has 0 N–H and O–H groups in total. The minimum absolute atomic E-state index is 0.206. The Kier molecular flexibility index (Phi) is 4.01. The van der Waals surface area contributed by atoms with Crippen molar-refractivity contribution in [2.24, 2.45) is 0 Å². The largest absolute Gasteiger partial charge is 0.274 e. The maximum absolute atomic E-state index is 12.5. The minimum atomic E-state index is -3.48. The van der Waals surface area contributed by atoms with Crippen LogP contribution in [0.1, 0.15) is 32.1 Å². The zero-order valence-electron chi connectivity index (χ0n) is 12.2. The van der Waals surface area contributed by atoms with Crippen LogP contribution >= 0.6 is 0 Å². The molecule has 0 bridgehead atoms. The Bertz CT molecular complexity index is 675. The molecule has 3 rings (SSSR count). The van der Waals surface area contributed by atoms with Gasteiger partial charge in [0, 0.05) is 25.9 Å². The van der Waals surface area contributed by atoms with Crippen LogP contribution in [-0.2, 0) is 19.6 Å². The lowest BCUT2D eigenvalue weighted by atomic mass is 10.2. The fraction of sp³-hybridized carbons (Fsp3) is 0.467. The summed E-state index contributed by atoms with van der Waals surface area (Å²) < 4.78 is 26.6. The highest BCUT2D eigenvalue weighted by Crippen LogP contribution is 2.26. The lowest BCUT2D eigenvalue weighted by molar-refractivity contribution is -0.121. The number of benzene rings is 1. The number of carbonyl (C=O) groups excluding carboxylic acids is 2. The van der Waals surface area contributed by atoms with Gasteiger partial charge in [-0.3, -0.25) is 14.5 Å². The normalized spacial score (nSPS) is 20.6. The number of hydrogen-bond acceptors (Lipinski definition) is 4. The van der Waals surface area contributed by atoms with Gasteiger partial charge in [0.2, 0.25) is 21.8 Å². The van der Waals surface area contributed by atoms with Crippen molar-refractivity contribution < 1.29 is 18.0 Å². The van der Waals surface area contributed by atoms with Gasteiger partial charge in [-0.05, 0) is 37.1 Å². The minimum Gasteiger partial charge on any atom is -0.274 e. The highest BCUT2D eigenvalue weighted by atomic mass is 32.2. The Morgan fingerprint density at radius 2 is 1.36 bits per heavy atom. The maximum Gasteiger partial charge on any atom is 0.243 e. The van der Waals surface area contributed by atoms with E-state index in [-0.39, 0.29) is 29.6 Å². The predicted molar refractivity (Wildman–Crippen MR) is 80.8 cm³/mol. The lowest BCUT2D eigenvalue weighted by Crippen LogP contribution is -2.35. The summed E-state index contributed by atoms with van der Waals surface area (Å²) in [6.07, 6.45) is 3.26. The zero-order valence-corrected chi connectivity index (χ0v) is 13.0. The number of sulfonamides is 1. The molecule has 0 aliphatic carbocycles. The van der Waals surface area contributed by atoms with Crippen LogP contribution in [0.25, 0.3) is 0 Å². The first-order valence-corrected chi connectivity index (χ1v) is 8.90.